The molecule has 24 heavy (non-hydrogen) atoms. The molecule has 0 spiro atoms. The average molecular weight is 337 g/mol. The predicted octanol–water partition coefficient (Wildman–Crippen LogP) is 3.50. The molecule has 138 valence electrons. The third kappa shape index (κ3) is 2.07. The summed E-state index contributed by atoms with van der Waals surface area (Å²) in [7, 11) is 0. The Bertz CT molecular complexity index is 505. The molecule has 0 radical (unpaired) electrons. The molecule has 0 aromatic carbocycles. The standard InChI is InChI=1S/C21H36O3/c1-13(22)16-8-11-21(24)18-5-4-14-12-15(23)6-9-19(14,2)17(18)7-10-20(16,21)3/h13-18,22-24H,4-12H2,1-3H3/t13?,14?,15-,16+,17-,18+,19-,20+,21+/m0/s1. The van der Waals surface area contributed by atoms with Gasteiger partial charge in [-0.2, -0.15) is 0 Å². The van der Waals surface area contributed by atoms with Gasteiger partial charge in [-0.05, 0) is 93.8 Å². The zero-order valence-electron chi connectivity index (χ0n) is 15.7. The van der Waals surface area contributed by atoms with Gasteiger partial charge in [0.25, 0.3) is 0 Å². The van der Waals surface area contributed by atoms with Crippen LogP contribution in [0.15, 0.2) is 0 Å². The molecule has 3 nitrogen and oxygen atoms in total. The summed E-state index contributed by atoms with van der Waals surface area (Å²) in [6, 6.07) is 0. The molecule has 4 aliphatic rings. The van der Waals surface area contributed by atoms with Crippen LogP contribution in [0.25, 0.3) is 0 Å². The summed E-state index contributed by atoms with van der Waals surface area (Å²) in [6.07, 6.45) is 8.92. The molecule has 4 rings (SSSR count). The lowest BCUT2D eigenvalue weighted by Crippen LogP contribution is -2.62. The Morgan fingerprint density at radius 3 is 2.38 bits per heavy atom. The molecule has 4 fully saturated rings. The van der Waals surface area contributed by atoms with Crippen LogP contribution in [0.3, 0.4) is 0 Å². The molecule has 4 aliphatic carbocycles. The molecular formula is C21H36O3. The van der Waals surface area contributed by atoms with Gasteiger partial charge < -0.3 is 15.3 Å². The SMILES string of the molecule is CC(O)[C@H]1CC[C@@]2(O)[C@@H]3CCC4C[C@@H](O)CC[C@]4(C)[C@H]3CC[C@]12C. The van der Waals surface area contributed by atoms with E-state index < -0.39 is 5.60 Å². The van der Waals surface area contributed by atoms with Crippen LogP contribution in [0.4, 0.5) is 0 Å². The fraction of sp³-hybridized carbons (Fsp3) is 1.00. The van der Waals surface area contributed by atoms with Crippen molar-refractivity contribution in [3.8, 4) is 0 Å². The molecule has 0 aliphatic heterocycles. The van der Waals surface area contributed by atoms with Crippen molar-refractivity contribution in [2.75, 3.05) is 0 Å². The Morgan fingerprint density at radius 1 is 0.917 bits per heavy atom. The first-order valence-corrected chi connectivity index (χ1v) is 10.3. The summed E-state index contributed by atoms with van der Waals surface area (Å²) >= 11 is 0. The maximum atomic E-state index is 11.9. The lowest BCUT2D eigenvalue weighted by Gasteiger charge is -2.63. The van der Waals surface area contributed by atoms with Gasteiger partial charge in [0.15, 0.2) is 0 Å². The maximum Gasteiger partial charge on any atom is 0.0735 e. The van der Waals surface area contributed by atoms with Gasteiger partial charge in [-0.15, -0.1) is 0 Å². The number of aliphatic hydroxyl groups excluding tert-OH is 2. The normalized spacial score (nSPS) is 58.5. The first kappa shape index (κ1) is 17.3. The van der Waals surface area contributed by atoms with Crippen molar-refractivity contribution in [3.05, 3.63) is 0 Å². The van der Waals surface area contributed by atoms with Gasteiger partial charge in [-0.3, -0.25) is 0 Å². The second kappa shape index (κ2) is 5.44. The lowest BCUT2D eigenvalue weighted by atomic mass is 9.43. The van der Waals surface area contributed by atoms with E-state index in [0.717, 1.165) is 51.4 Å². The molecule has 4 saturated carbocycles. The van der Waals surface area contributed by atoms with Crippen molar-refractivity contribution < 1.29 is 15.3 Å². The Morgan fingerprint density at radius 2 is 1.67 bits per heavy atom. The molecular weight excluding hydrogens is 300 g/mol. The van der Waals surface area contributed by atoms with E-state index in [4.69, 9.17) is 0 Å². The quantitative estimate of drug-likeness (QED) is 0.687. The summed E-state index contributed by atoms with van der Waals surface area (Å²) in [4.78, 5) is 0. The smallest absolute Gasteiger partial charge is 0.0735 e. The molecule has 0 saturated heterocycles. The van der Waals surface area contributed by atoms with Crippen molar-refractivity contribution in [3.63, 3.8) is 0 Å². The minimum atomic E-state index is -0.596. The minimum Gasteiger partial charge on any atom is -0.393 e. The first-order valence-electron chi connectivity index (χ1n) is 10.3. The van der Waals surface area contributed by atoms with Crippen molar-refractivity contribution in [1.29, 1.82) is 0 Å². The second-order valence-electron chi connectivity index (χ2n) is 10.2. The van der Waals surface area contributed by atoms with Crippen LogP contribution in [0, 0.1) is 34.5 Å². The third-order valence-electron chi connectivity index (χ3n) is 9.48. The van der Waals surface area contributed by atoms with Gasteiger partial charge in [0.05, 0.1) is 17.8 Å². The highest BCUT2D eigenvalue weighted by atomic mass is 16.3. The zero-order valence-corrected chi connectivity index (χ0v) is 15.7. The topological polar surface area (TPSA) is 60.7 Å². The van der Waals surface area contributed by atoms with Crippen molar-refractivity contribution >= 4 is 0 Å². The van der Waals surface area contributed by atoms with Crippen molar-refractivity contribution in [2.45, 2.75) is 96.4 Å². The van der Waals surface area contributed by atoms with Crippen LogP contribution in [-0.4, -0.2) is 33.1 Å². The fourth-order valence-corrected chi connectivity index (χ4v) is 8.02. The van der Waals surface area contributed by atoms with E-state index in [1.54, 1.807) is 0 Å². The summed E-state index contributed by atoms with van der Waals surface area (Å²) in [5.41, 5.74) is -0.427. The predicted molar refractivity (Wildman–Crippen MR) is 94.4 cm³/mol. The Labute approximate surface area is 146 Å². The molecule has 9 atom stereocenters. The molecule has 0 aromatic rings. The summed E-state index contributed by atoms with van der Waals surface area (Å²) in [5, 5.41) is 32.3. The van der Waals surface area contributed by atoms with Gasteiger partial charge in [-0.25, -0.2) is 0 Å². The second-order valence-corrected chi connectivity index (χ2v) is 10.2. The van der Waals surface area contributed by atoms with Crippen LogP contribution in [0.1, 0.15) is 78.6 Å². The highest BCUT2D eigenvalue weighted by Gasteiger charge is 2.67. The molecule has 3 N–H and O–H groups in total. The number of aliphatic hydroxyl groups is 3. The fourth-order valence-electron chi connectivity index (χ4n) is 8.02. The van der Waals surface area contributed by atoms with Crippen molar-refractivity contribution in [2.24, 2.45) is 34.5 Å². The number of hydrogen-bond acceptors (Lipinski definition) is 3. The molecule has 0 heterocycles. The van der Waals surface area contributed by atoms with Crippen molar-refractivity contribution in [1.82, 2.24) is 0 Å². The number of fused-ring (bicyclic) bond motifs is 5. The highest BCUT2D eigenvalue weighted by Crippen LogP contribution is 2.69. The molecule has 3 heteroatoms. The van der Waals surface area contributed by atoms with E-state index in [0.29, 0.717) is 23.2 Å². The first-order chi connectivity index (χ1) is 11.2. The van der Waals surface area contributed by atoms with Crippen LogP contribution in [0.2, 0.25) is 0 Å². The molecule has 0 aromatic heterocycles. The molecule has 0 amide bonds. The summed E-state index contributed by atoms with van der Waals surface area (Å²) in [5.74, 6) is 1.85. The highest BCUT2D eigenvalue weighted by molar-refractivity contribution is 5.17. The largest absolute Gasteiger partial charge is 0.393 e. The Kier molecular flexibility index (Phi) is 3.92. The summed E-state index contributed by atoms with van der Waals surface area (Å²) < 4.78 is 0. The van der Waals surface area contributed by atoms with Crippen LogP contribution in [-0.2, 0) is 0 Å². The minimum absolute atomic E-state index is 0.109. The van der Waals surface area contributed by atoms with Crippen LogP contribution < -0.4 is 0 Å². The molecule has 0 bridgehead atoms. The van der Waals surface area contributed by atoms with E-state index in [-0.39, 0.29) is 23.5 Å². The van der Waals surface area contributed by atoms with Gasteiger partial charge in [0.2, 0.25) is 0 Å². The Hall–Kier alpha value is -0.120. The number of hydrogen-bond donors (Lipinski definition) is 3. The zero-order chi connectivity index (χ0) is 17.3. The monoisotopic (exact) mass is 336 g/mol. The van der Waals surface area contributed by atoms with E-state index in [1.807, 2.05) is 6.92 Å². The lowest BCUT2D eigenvalue weighted by molar-refractivity contribution is -0.215. The van der Waals surface area contributed by atoms with E-state index in [1.165, 1.54) is 6.42 Å². The Balaban J connectivity index is 1.66. The van der Waals surface area contributed by atoms with E-state index in [2.05, 4.69) is 13.8 Å². The van der Waals surface area contributed by atoms with Gasteiger partial charge >= 0.3 is 0 Å². The van der Waals surface area contributed by atoms with Gasteiger partial charge in [0.1, 0.15) is 0 Å². The van der Waals surface area contributed by atoms with E-state index >= 15 is 0 Å². The van der Waals surface area contributed by atoms with E-state index in [9.17, 15) is 15.3 Å². The van der Waals surface area contributed by atoms with Gasteiger partial charge in [-0.1, -0.05) is 13.8 Å². The maximum absolute atomic E-state index is 11.9. The van der Waals surface area contributed by atoms with Crippen LogP contribution >= 0.6 is 0 Å². The molecule has 2 unspecified atom stereocenters. The average Bonchev–Trinajstić information content (AvgIpc) is 2.80. The third-order valence-corrected chi connectivity index (χ3v) is 9.48. The van der Waals surface area contributed by atoms with Gasteiger partial charge in [0, 0.05) is 5.41 Å². The summed E-state index contributed by atoms with van der Waals surface area (Å²) in [6.45, 7) is 6.62. The number of rotatable bonds is 1. The van der Waals surface area contributed by atoms with Crippen LogP contribution in [0.5, 0.6) is 0 Å².